The maximum Gasteiger partial charge on any atom is 0.263 e. The largest absolute Gasteiger partial charge is 0.312 e. The molecule has 1 amide bonds. The van der Waals surface area contributed by atoms with E-state index in [1.165, 1.54) is 11.4 Å². The lowest BCUT2D eigenvalue weighted by Crippen LogP contribution is -2.58. The summed E-state index contributed by atoms with van der Waals surface area (Å²) >= 11 is 0. The van der Waals surface area contributed by atoms with Gasteiger partial charge in [0.05, 0.1) is 6.54 Å². The Bertz CT molecular complexity index is 773. The third-order valence-corrected chi connectivity index (χ3v) is 5.25. The van der Waals surface area contributed by atoms with Gasteiger partial charge in [0.1, 0.15) is 17.0 Å². The fraction of sp³-hybridized carbons (Fsp3) is 0.588. The van der Waals surface area contributed by atoms with Gasteiger partial charge in [0.25, 0.3) is 5.91 Å². The number of hydrogen-bond donors (Lipinski definition) is 1. The van der Waals surface area contributed by atoms with Gasteiger partial charge in [-0.1, -0.05) is 33.1 Å². The smallest absolute Gasteiger partial charge is 0.263 e. The second-order valence-electron chi connectivity index (χ2n) is 7.16. The van der Waals surface area contributed by atoms with Gasteiger partial charge in [-0.25, -0.2) is 15.8 Å². The minimum Gasteiger partial charge on any atom is -0.312 e. The van der Waals surface area contributed by atoms with Gasteiger partial charge in [0.15, 0.2) is 0 Å². The summed E-state index contributed by atoms with van der Waals surface area (Å²) in [5.41, 5.74) is 1.41. The Balaban J connectivity index is 1.99. The first kappa shape index (κ1) is 14.6. The molecular weight excluding hydrogens is 290 g/mol. The molecule has 4 rings (SSSR count). The topological polar surface area (TPSA) is 77.0 Å². The first-order valence-electron chi connectivity index (χ1n) is 8.47. The number of aromatic nitrogens is 3. The lowest BCUT2D eigenvalue weighted by molar-refractivity contribution is -0.146. The molecule has 0 saturated heterocycles. The molecule has 0 radical (unpaired) electrons. The minimum atomic E-state index is -0.551. The number of carbonyl (C=O) groups excluding carboxylic acids is 1. The van der Waals surface area contributed by atoms with E-state index in [1.807, 2.05) is 6.20 Å². The SMILES string of the molecule is CC(C)c1ncc2cc3n(c2n1)C1(CCCCC1)C(=O)N(N)C3. The third kappa shape index (κ3) is 2.01. The number of nitrogens with zero attached hydrogens (tertiary/aromatic N) is 4. The standard InChI is InChI=1S/C17H23N5O/c1-11(2)14-19-9-12-8-13-10-21(18)16(23)17(6-4-3-5-7-17)22(13)15(12)20-14/h8-9,11H,3-7,10,18H2,1-2H3. The number of nitrogens with two attached hydrogens (primary N) is 1. The number of fused-ring (bicyclic) bond motifs is 4. The Labute approximate surface area is 135 Å². The Morgan fingerprint density at radius 2 is 2.00 bits per heavy atom. The second kappa shape index (κ2) is 5.03. The molecule has 3 heterocycles. The zero-order valence-corrected chi connectivity index (χ0v) is 13.7. The zero-order valence-electron chi connectivity index (χ0n) is 13.7. The number of rotatable bonds is 1. The Morgan fingerprint density at radius 1 is 1.26 bits per heavy atom. The molecule has 1 saturated carbocycles. The first-order chi connectivity index (χ1) is 11.0. The second-order valence-corrected chi connectivity index (χ2v) is 7.16. The summed E-state index contributed by atoms with van der Waals surface area (Å²) in [6.07, 6.45) is 6.86. The highest BCUT2D eigenvalue weighted by molar-refractivity contribution is 5.89. The molecule has 0 atom stereocenters. The van der Waals surface area contributed by atoms with Crippen LogP contribution in [0.2, 0.25) is 0 Å². The fourth-order valence-corrected chi connectivity index (χ4v) is 4.11. The number of hydrogen-bond acceptors (Lipinski definition) is 4. The fourth-order valence-electron chi connectivity index (χ4n) is 4.11. The number of hydrazine groups is 1. The van der Waals surface area contributed by atoms with Crippen molar-refractivity contribution in [3.05, 3.63) is 23.8 Å². The molecule has 2 aromatic rings. The highest BCUT2D eigenvalue weighted by Gasteiger charge is 2.48. The lowest BCUT2D eigenvalue weighted by Gasteiger charge is -2.44. The van der Waals surface area contributed by atoms with Crippen LogP contribution in [-0.2, 0) is 16.9 Å². The molecule has 2 N–H and O–H groups in total. The van der Waals surface area contributed by atoms with Crippen LogP contribution in [0.25, 0.3) is 11.0 Å². The minimum absolute atomic E-state index is 0.0342. The summed E-state index contributed by atoms with van der Waals surface area (Å²) in [6, 6.07) is 2.09. The molecule has 1 aliphatic carbocycles. The molecule has 23 heavy (non-hydrogen) atoms. The zero-order chi connectivity index (χ0) is 16.2. The summed E-state index contributed by atoms with van der Waals surface area (Å²) in [5, 5.41) is 2.38. The van der Waals surface area contributed by atoms with Crippen molar-refractivity contribution in [2.75, 3.05) is 0 Å². The summed E-state index contributed by atoms with van der Waals surface area (Å²) < 4.78 is 2.18. The van der Waals surface area contributed by atoms with Gasteiger partial charge < -0.3 is 4.57 Å². The normalized spacial score (nSPS) is 20.5. The molecule has 122 valence electrons. The van der Waals surface area contributed by atoms with E-state index in [0.717, 1.165) is 48.2 Å². The molecule has 0 bridgehead atoms. The summed E-state index contributed by atoms with van der Waals surface area (Å²) in [6.45, 7) is 4.61. The van der Waals surface area contributed by atoms with Gasteiger partial charge in [-0.2, -0.15) is 0 Å². The van der Waals surface area contributed by atoms with Gasteiger partial charge in [0.2, 0.25) is 0 Å². The van der Waals surface area contributed by atoms with Gasteiger partial charge >= 0.3 is 0 Å². The van der Waals surface area contributed by atoms with Crippen LogP contribution < -0.4 is 5.84 Å². The van der Waals surface area contributed by atoms with Crippen molar-refractivity contribution in [1.29, 1.82) is 0 Å². The summed E-state index contributed by atoms with van der Waals surface area (Å²) in [7, 11) is 0. The molecule has 1 aliphatic heterocycles. The van der Waals surface area contributed by atoms with Crippen LogP contribution in [0.5, 0.6) is 0 Å². The molecule has 6 heteroatoms. The van der Waals surface area contributed by atoms with Crippen LogP contribution in [-0.4, -0.2) is 25.5 Å². The maximum atomic E-state index is 13.0. The van der Waals surface area contributed by atoms with E-state index < -0.39 is 5.54 Å². The van der Waals surface area contributed by atoms with Crippen molar-refractivity contribution in [1.82, 2.24) is 19.5 Å². The van der Waals surface area contributed by atoms with Gasteiger partial charge in [0, 0.05) is 23.2 Å². The van der Waals surface area contributed by atoms with E-state index >= 15 is 0 Å². The monoisotopic (exact) mass is 313 g/mol. The molecular formula is C17H23N5O. The molecule has 2 aromatic heterocycles. The average molecular weight is 313 g/mol. The van der Waals surface area contributed by atoms with E-state index in [1.54, 1.807) is 0 Å². The third-order valence-electron chi connectivity index (χ3n) is 5.25. The van der Waals surface area contributed by atoms with Crippen LogP contribution >= 0.6 is 0 Å². The lowest BCUT2D eigenvalue weighted by atomic mass is 9.79. The van der Waals surface area contributed by atoms with Crippen molar-refractivity contribution in [3.8, 4) is 0 Å². The predicted octanol–water partition coefficient (Wildman–Crippen LogP) is 2.43. The highest BCUT2D eigenvalue weighted by Crippen LogP contribution is 2.42. The summed E-state index contributed by atoms with van der Waals surface area (Å²) in [5.74, 6) is 7.16. The summed E-state index contributed by atoms with van der Waals surface area (Å²) in [4.78, 5) is 22.2. The average Bonchev–Trinajstić information content (AvgIpc) is 2.91. The highest BCUT2D eigenvalue weighted by atomic mass is 16.2. The van der Waals surface area contributed by atoms with Crippen molar-refractivity contribution in [3.63, 3.8) is 0 Å². The molecule has 0 aromatic carbocycles. The van der Waals surface area contributed by atoms with E-state index in [2.05, 4.69) is 29.5 Å². The van der Waals surface area contributed by atoms with E-state index in [0.29, 0.717) is 6.54 Å². The molecule has 0 unspecified atom stereocenters. The van der Waals surface area contributed by atoms with Crippen molar-refractivity contribution in [2.45, 2.75) is 64.0 Å². The van der Waals surface area contributed by atoms with Crippen LogP contribution in [0.4, 0.5) is 0 Å². The van der Waals surface area contributed by atoms with Crippen molar-refractivity contribution >= 4 is 16.9 Å². The molecule has 1 spiro atoms. The van der Waals surface area contributed by atoms with Crippen LogP contribution in [0.15, 0.2) is 12.3 Å². The van der Waals surface area contributed by atoms with Gasteiger partial charge in [-0.05, 0) is 18.9 Å². The Hall–Kier alpha value is -1.95. The van der Waals surface area contributed by atoms with Gasteiger partial charge in [-0.3, -0.25) is 9.80 Å². The Kier molecular flexibility index (Phi) is 3.20. The van der Waals surface area contributed by atoms with E-state index in [4.69, 9.17) is 10.8 Å². The van der Waals surface area contributed by atoms with E-state index in [9.17, 15) is 4.79 Å². The van der Waals surface area contributed by atoms with Crippen molar-refractivity contribution < 1.29 is 4.79 Å². The first-order valence-corrected chi connectivity index (χ1v) is 8.47. The predicted molar refractivity (Wildman–Crippen MR) is 87.4 cm³/mol. The number of carbonyl (C=O) groups is 1. The molecule has 6 nitrogen and oxygen atoms in total. The molecule has 1 fully saturated rings. The van der Waals surface area contributed by atoms with Gasteiger partial charge in [-0.15, -0.1) is 0 Å². The molecule has 2 aliphatic rings. The maximum absolute atomic E-state index is 13.0. The van der Waals surface area contributed by atoms with Crippen LogP contribution in [0, 0.1) is 0 Å². The van der Waals surface area contributed by atoms with E-state index in [-0.39, 0.29) is 11.8 Å². The van der Waals surface area contributed by atoms with Crippen LogP contribution in [0.3, 0.4) is 0 Å². The van der Waals surface area contributed by atoms with Crippen molar-refractivity contribution in [2.24, 2.45) is 5.84 Å². The quantitative estimate of drug-likeness (QED) is 0.648. The number of amides is 1. The van der Waals surface area contributed by atoms with Crippen LogP contribution in [0.1, 0.15) is 63.4 Å². The Morgan fingerprint density at radius 3 is 2.70 bits per heavy atom.